The maximum atomic E-state index is 11.6. The van der Waals surface area contributed by atoms with Gasteiger partial charge in [0.05, 0.1) is 26.4 Å². The lowest BCUT2D eigenvalue weighted by Gasteiger charge is -2.17. The van der Waals surface area contributed by atoms with Crippen molar-refractivity contribution < 1.29 is 28.3 Å². The summed E-state index contributed by atoms with van der Waals surface area (Å²) in [7, 11) is -3.56. The molecule has 0 heterocycles. The van der Waals surface area contributed by atoms with E-state index >= 15 is 0 Å². The van der Waals surface area contributed by atoms with Gasteiger partial charge in [0.25, 0.3) is 0 Å². The Hall–Kier alpha value is 0.0300. The molecule has 7 heteroatoms. The molecule has 14 heavy (non-hydrogen) atoms. The lowest BCUT2D eigenvalue weighted by Crippen LogP contribution is -2.19. The van der Waals surface area contributed by atoms with Gasteiger partial charge in [0.15, 0.2) is 0 Å². The zero-order valence-electron chi connectivity index (χ0n) is 8.38. The molecule has 1 atom stereocenters. The number of aliphatic hydroxyl groups excluding tert-OH is 2. The zero-order chi connectivity index (χ0) is 11.0. The molecule has 0 bridgehead atoms. The van der Waals surface area contributed by atoms with Crippen LogP contribution in [0.1, 0.15) is 13.8 Å². The molecule has 0 aliphatic rings. The van der Waals surface area contributed by atoms with Gasteiger partial charge in [-0.25, -0.2) is 4.57 Å². The van der Waals surface area contributed by atoms with Gasteiger partial charge < -0.3 is 10.2 Å². The molecule has 6 nitrogen and oxygen atoms in total. The predicted molar refractivity (Wildman–Crippen MR) is 49.9 cm³/mol. The van der Waals surface area contributed by atoms with Crippen LogP contribution in [0.5, 0.6) is 0 Å². The Morgan fingerprint density at radius 3 is 2.07 bits per heavy atom. The van der Waals surface area contributed by atoms with Crippen LogP contribution < -0.4 is 0 Å². The highest BCUT2D eigenvalue weighted by Gasteiger charge is 2.26. The second kappa shape index (κ2) is 7.34. The minimum atomic E-state index is -3.56. The third kappa shape index (κ3) is 5.70. The van der Waals surface area contributed by atoms with Crippen molar-refractivity contribution >= 4 is 7.82 Å². The summed E-state index contributed by atoms with van der Waals surface area (Å²) in [5, 5.41) is 17.4. The van der Waals surface area contributed by atoms with E-state index in [0.717, 1.165) is 0 Å². The highest BCUT2D eigenvalue weighted by Crippen LogP contribution is 2.49. The van der Waals surface area contributed by atoms with Crippen LogP contribution >= 0.6 is 7.82 Å². The first-order chi connectivity index (χ1) is 6.58. The Bertz CT molecular complexity index is 175. The van der Waals surface area contributed by atoms with Crippen LogP contribution in [0, 0.1) is 0 Å². The minimum absolute atomic E-state index is 0.187. The lowest BCUT2D eigenvalue weighted by atomic mass is 10.4. The summed E-state index contributed by atoms with van der Waals surface area (Å²) in [5.74, 6) is 0. The molecule has 0 rings (SSSR count). The van der Waals surface area contributed by atoms with E-state index in [2.05, 4.69) is 0 Å². The molecule has 0 spiro atoms. The van der Waals surface area contributed by atoms with Gasteiger partial charge >= 0.3 is 7.82 Å². The summed E-state index contributed by atoms with van der Waals surface area (Å²) in [6.07, 6.45) is -1.08. The predicted octanol–water partition coefficient (Wildman–Crippen LogP) is 0.537. The first-order valence-electron chi connectivity index (χ1n) is 4.40. The molecule has 86 valence electrons. The lowest BCUT2D eigenvalue weighted by molar-refractivity contribution is 0.0309. The largest absolute Gasteiger partial charge is 0.474 e. The normalized spacial score (nSPS) is 14.3. The van der Waals surface area contributed by atoms with E-state index < -0.39 is 20.5 Å². The van der Waals surface area contributed by atoms with E-state index in [-0.39, 0.29) is 19.8 Å². The smallest absolute Gasteiger partial charge is 0.394 e. The average molecular weight is 228 g/mol. The van der Waals surface area contributed by atoms with Crippen molar-refractivity contribution in [1.82, 2.24) is 0 Å². The average Bonchev–Trinajstić information content (AvgIpc) is 2.15. The SMILES string of the molecule is CCOP(=O)(OCC)OCC(O)CO. The number of phosphoric acid groups is 1. The Morgan fingerprint density at radius 2 is 1.71 bits per heavy atom. The second-order valence-electron chi connectivity index (χ2n) is 2.41. The molecule has 0 amide bonds. The van der Waals surface area contributed by atoms with E-state index in [1.54, 1.807) is 13.8 Å². The topological polar surface area (TPSA) is 85.2 Å². The van der Waals surface area contributed by atoms with Gasteiger partial charge in [-0.15, -0.1) is 0 Å². The van der Waals surface area contributed by atoms with Crippen molar-refractivity contribution in [2.75, 3.05) is 26.4 Å². The van der Waals surface area contributed by atoms with Gasteiger partial charge in [-0.05, 0) is 13.8 Å². The number of phosphoric ester groups is 1. The molecule has 0 saturated heterocycles. The van der Waals surface area contributed by atoms with Crippen LogP contribution in [0.2, 0.25) is 0 Å². The van der Waals surface area contributed by atoms with Crippen LogP contribution in [-0.2, 0) is 18.1 Å². The Morgan fingerprint density at radius 1 is 1.21 bits per heavy atom. The molecule has 0 radical (unpaired) electrons. The summed E-state index contributed by atoms with van der Waals surface area (Å²) in [6.45, 7) is 2.93. The van der Waals surface area contributed by atoms with Crippen LogP contribution in [-0.4, -0.2) is 42.7 Å². The highest BCUT2D eigenvalue weighted by atomic mass is 31.2. The van der Waals surface area contributed by atoms with Crippen molar-refractivity contribution in [3.05, 3.63) is 0 Å². The first-order valence-corrected chi connectivity index (χ1v) is 5.86. The minimum Gasteiger partial charge on any atom is -0.394 e. The van der Waals surface area contributed by atoms with Crippen molar-refractivity contribution in [1.29, 1.82) is 0 Å². The zero-order valence-corrected chi connectivity index (χ0v) is 9.27. The summed E-state index contributed by atoms with van der Waals surface area (Å²) in [6, 6.07) is 0. The van der Waals surface area contributed by atoms with E-state index in [0.29, 0.717) is 0 Å². The molecule has 0 aromatic rings. The quantitative estimate of drug-likeness (QED) is 0.590. The fraction of sp³-hybridized carbons (Fsp3) is 1.00. The fourth-order valence-corrected chi connectivity index (χ4v) is 1.87. The molecule has 0 aromatic carbocycles. The van der Waals surface area contributed by atoms with E-state index in [1.165, 1.54) is 0 Å². The molecule has 1 unspecified atom stereocenters. The van der Waals surface area contributed by atoms with E-state index in [9.17, 15) is 4.57 Å². The fourth-order valence-electron chi connectivity index (χ4n) is 0.658. The molecule has 0 saturated carbocycles. The molecule has 0 aromatic heterocycles. The van der Waals surface area contributed by atoms with Gasteiger partial charge in [-0.3, -0.25) is 13.6 Å². The van der Waals surface area contributed by atoms with Crippen molar-refractivity contribution in [2.24, 2.45) is 0 Å². The number of aliphatic hydroxyl groups is 2. The summed E-state index contributed by atoms with van der Waals surface area (Å²) >= 11 is 0. The van der Waals surface area contributed by atoms with Crippen LogP contribution in [0.4, 0.5) is 0 Å². The molecule has 0 aliphatic heterocycles. The van der Waals surface area contributed by atoms with Gasteiger partial charge in [0.1, 0.15) is 6.10 Å². The monoisotopic (exact) mass is 228 g/mol. The second-order valence-corrected chi connectivity index (χ2v) is 4.08. The molecule has 0 aliphatic carbocycles. The number of hydrogen-bond acceptors (Lipinski definition) is 6. The first kappa shape index (κ1) is 14.0. The van der Waals surface area contributed by atoms with Crippen molar-refractivity contribution in [3.63, 3.8) is 0 Å². The van der Waals surface area contributed by atoms with Crippen molar-refractivity contribution in [2.45, 2.75) is 20.0 Å². The third-order valence-electron chi connectivity index (χ3n) is 1.21. The summed E-state index contributed by atoms with van der Waals surface area (Å²) in [4.78, 5) is 0. The Balaban J connectivity index is 4.02. The van der Waals surface area contributed by atoms with Gasteiger partial charge in [-0.2, -0.15) is 0 Å². The molecule has 0 fully saturated rings. The maximum Gasteiger partial charge on any atom is 0.474 e. The molecule has 2 N–H and O–H groups in total. The molecular formula is C7H17O6P. The van der Waals surface area contributed by atoms with Gasteiger partial charge in [0.2, 0.25) is 0 Å². The standard InChI is InChI=1S/C7H17O6P/c1-3-11-14(10,12-4-2)13-6-7(9)5-8/h7-9H,3-6H2,1-2H3. The molecular weight excluding hydrogens is 211 g/mol. The maximum absolute atomic E-state index is 11.6. The number of hydrogen-bond donors (Lipinski definition) is 2. The Kier molecular flexibility index (Phi) is 7.35. The third-order valence-corrected chi connectivity index (χ3v) is 2.82. The Labute approximate surface area is 83.4 Å². The van der Waals surface area contributed by atoms with Crippen molar-refractivity contribution in [3.8, 4) is 0 Å². The summed E-state index contributed by atoms with van der Waals surface area (Å²) < 4.78 is 25.9. The van der Waals surface area contributed by atoms with Crippen LogP contribution in [0.15, 0.2) is 0 Å². The van der Waals surface area contributed by atoms with Gasteiger partial charge in [-0.1, -0.05) is 0 Å². The van der Waals surface area contributed by atoms with E-state index in [4.69, 9.17) is 23.8 Å². The number of rotatable bonds is 8. The van der Waals surface area contributed by atoms with Crippen LogP contribution in [0.25, 0.3) is 0 Å². The van der Waals surface area contributed by atoms with Gasteiger partial charge in [0, 0.05) is 0 Å². The van der Waals surface area contributed by atoms with Crippen LogP contribution in [0.3, 0.4) is 0 Å². The van der Waals surface area contributed by atoms with E-state index in [1.807, 2.05) is 0 Å². The summed E-state index contributed by atoms with van der Waals surface area (Å²) in [5.41, 5.74) is 0. The highest BCUT2D eigenvalue weighted by molar-refractivity contribution is 7.48.